The van der Waals surface area contributed by atoms with E-state index in [4.69, 9.17) is 9.72 Å². The highest BCUT2D eigenvalue weighted by Crippen LogP contribution is 2.30. The molecule has 21 heavy (non-hydrogen) atoms. The number of ether oxygens (including phenoxy) is 1. The van der Waals surface area contributed by atoms with Crippen molar-refractivity contribution in [2.75, 3.05) is 25.6 Å². The zero-order chi connectivity index (χ0) is 14.8. The van der Waals surface area contributed by atoms with Crippen molar-refractivity contribution in [3.05, 3.63) is 36.8 Å². The van der Waals surface area contributed by atoms with Crippen LogP contribution in [0.2, 0.25) is 0 Å². The van der Waals surface area contributed by atoms with Crippen LogP contribution in [-0.2, 0) is 0 Å². The molecule has 0 bridgehead atoms. The smallest absolute Gasteiger partial charge is 0.221 e. The standard InChI is InChI=1S/C15H17N5O/c1-4-19(2)13-7-9-20-14(18-13)12(10-17-20)11-6-5-8-16-15(11)21-3/h5-10H,4H2,1-3H3. The van der Waals surface area contributed by atoms with E-state index in [-0.39, 0.29) is 0 Å². The third-order valence-electron chi connectivity index (χ3n) is 3.47. The van der Waals surface area contributed by atoms with E-state index >= 15 is 0 Å². The molecular formula is C15H17N5O. The van der Waals surface area contributed by atoms with Crippen LogP contribution in [0.5, 0.6) is 5.88 Å². The third-order valence-corrected chi connectivity index (χ3v) is 3.47. The van der Waals surface area contributed by atoms with Crippen LogP contribution in [0.15, 0.2) is 36.8 Å². The van der Waals surface area contributed by atoms with Gasteiger partial charge >= 0.3 is 0 Å². The minimum absolute atomic E-state index is 0.573. The first-order valence-corrected chi connectivity index (χ1v) is 6.79. The molecule has 3 rings (SSSR count). The second kappa shape index (κ2) is 5.40. The van der Waals surface area contributed by atoms with Gasteiger partial charge in [-0.3, -0.25) is 0 Å². The van der Waals surface area contributed by atoms with Gasteiger partial charge in [-0.15, -0.1) is 0 Å². The SMILES string of the molecule is CCN(C)c1ccn2ncc(-c3cccnc3OC)c2n1. The summed E-state index contributed by atoms with van der Waals surface area (Å²) in [7, 11) is 3.63. The average Bonchev–Trinajstić information content (AvgIpc) is 2.96. The fourth-order valence-electron chi connectivity index (χ4n) is 2.18. The summed E-state index contributed by atoms with van der Waals surface area (Å²) in [4.78, 5) is 11.0. The van der Waals surface area contributed by atoms with Gasteiger partial charge in [-0.05, 0) is 25.1 Å². The molecular weight excluding hydrogens is 266 g/mol. The zero-order valence-corrected chi connectivity index (χ0v) is 12.3. The van der Waals surface area contributed by atoms with Gasteiger partial charge < -0.3 is 9.64 Å². The first kappa shape index (κ1) is 13.4. The number of pyridine rings is 1. The number of anilines is 1. The summed E-state index contributed by atoms with van der Waals surface area (Å²) in [6, 6.07) is 5.79. The predicted molar refractivity (Wildman–Crippen MR) is 81.7 cm³/mol. The lowest BCUT2D eigenvalue weighted by Crippen LogP contribution is -2.17. The summed E-state index contributed by atoms with van der Waals surface area (Å²) in [5, 5.41) is 4.35. The van der Waals surface area contributed by atoms with E-state index in [0.717, 1.165) is 29.1 Å². The van der Waals surface area contributed by atoms with Crippen molar-refractivity contribution in [3.63, 3.8) is 0 Å². The van der Waals surface area contributed by atoms with Gasteiger partial charge in [-0.25, -0.2) is 14.5 Å². The van der Waals surface area contributed by atoms with Crippen molar-refractivity contribution in [1.82, 2.24) is 19.6 Å². The molecule has 3 aromatic heterocycles. The second-order valence-electron chi connectivity index (χ2n) is 4.69. The van der Waals surface area contributed by atoms with Crippen LogP contribution in [0.3, 0.4) is 0 Å². The molecule has 108 valence electrons. The normalized spacial score (nSPS) is 10.8. The highest BCUT2D eigenvalue weighted by molar-refractivity contribution is 5.80. The second-order valence-corrected chi connectivity index (χ2v) is 4.69. The Hall–Kier alpha value is -2.63. The van der Waals surface area contributed by atoms with Crippen molar-refractivity contribution in [2.45, 2.75) is 6.92 Å². The molecule has 0 N–H and O–H groups in total. The number of nitrogens with zero attached hydrogens (tertiary/aromatic N) is 5. The molecule has 0 amide bonds. The molecule has 0 saturated heterocycles. The summed E-state index contributed by atoms with van der Waals surface area (Å²) in [6.45, 7) is 2.98. The maximum Gasteiger partial charge on any atom is 0.221 e. The first-order valence-electron chi connectivity index (χ1n) is 6.79. The van der Waals surface area contributed by atoms with Gasteiger partial charge in [0, 0.05) is 31.5 Å². The van der Waals surface area contributed by atoms with E-state index in [1.807, 2.05) is 31.4 Å². The van der Waals surface area contributed by atoms with Crippen LogP contribution < -0.4 is 9.64 Å². The highest BCUT2D eigenvalue weighted by Gasteiger charge is 2.14. The zero-order valence-electron chi connectivity index (χ0n) is 12.3. The lowest BCUT2D eigenvalue weighted by atomic mass is 10.1. The van der Waals surface area contributed by atoms with E-state index in [0.29, 0.717) is 5.88 Å². The summed E-state index contributed by atoms with van der Waals surface area (Å²) in [6.07, 6.45) is 5.41. The molecule has 0 aliphatic heterocycles. The first-order chi connectivity index (χ1) is 10.2. The largest absolute Gasteiger partial charge is 0.481 e. The molecule has 0 aliphatic carbocycles. The molecule has 6 heteroatoms. The third kappa shape index (κ3) is 2.29. The van der Waals surface area contributed by atoms with Crippen LogP contribution in [0.25, 0.3) is 16.8 Å². The highest BCUT2D eigenvalue weighted by atomic mass is 16.5. The lowest BCUT2D eigenvalue weighted by molar-refractivity contribution is 0.400. The topological polar surface area (TPSA) is 55.5 Å². The Morgan fingerprint density at radius 3 is 2.90 bits per heavy atom. The Morgan fingerprint density at radius 2 is 2.14 bits per heavy atom. The van der Waals surface area contributed by atoms with Gasteiger partial charge in [0.15, 0.2) is 5.65 Å². The van der Waals surface area contributed by atoms with Crippen molar-refractivity contribution in [1.29, 1.82) is 0 Å². The van der Waals surface area contributed by atoms with Gasteiger partial charge in [0.1, 0.15) is 5.82 Å². The van der Waals surface area contributed by atoms with Crippen molar-refractivity contribution >= 4 is 11.5 Å². The summed E-state index contributed by atoms with van der Waals surface area (Å²) < 4.78 is 7.09. The van der Waals surface area contributed by atoms with Gasteiger partial charge in [0.2, 0.25) is 5.88 Å². The van der Waals surface area contributed by atoms with Gasteiger partial charge in [-0.2, -0.15) is 5.10 Å². The van der Waals surface area contributed by atoms with Crippen LogP contribution >= 0.6 is 0 Å². The van der Waals surface area contributed by atoms with E-state index in [2.05, 4.69) is 21.9 Å². The molecule has 6 nitrogen and oxygen atoms in total. The van der Waals surface area contributed by atoms with Crippen LogP contribution in [0.1, 0.15) is 6.92 Å². The van der Waals surface area contributed by atoms with Crippen LogP contribution in [0, 0.1) is 0 Å². The summed E-state index contributed by atoms with van der Waals surface area (Å²) in [5.41, 5.74) is 2.59. The van der Waals surface area contributed by atoms with Gasteiger partial charge in [0.05, 0.1) is 18.9 Å². The molecule has 0 saturated carbocycles. The van der Waals surface area contributed by atoms with Crippen molar-refractivity contribution in [3.8, 4) is 17.0 Å². The van der Waals surface area contributed by atoms with Crippen molar-refractivity contribution < 1.29 is 4.74 Å². The Balaban J connectivity index is 2.19. The number of fused-ring (bicyclic) bond motifs is 1. The molecule has 0 aliphatic rings. The number of hydrogen-bond donors (Lipinski definition) is 0. The summed E-state index contributed by atoms with van der Waals surface area (Å²) >= 11 is 0. The number of rotatable bonds is 4. The Morgan fingerprint density at radius 1 is 1.29 bits per heavy atom. The van der Waals surface area contributed by atoms with E-state index in [1.165, 1.54) is 0 Å². The number of hydrogen-bond acceptors (Lipinski definition) is 5. The average molecular weight is 283 g/mol. The number of aromatic nitrogens is 4. The van der Waals surface area contributed by atoms with Gasteiger partial charge in [0.25, 0.3) is 0 Å². The molecule has 0 radical (unpaired) electrons. The van der Waals surface area contributed by atoms with Crippen molar-refractivity contribution in [2.24, 2.45) is 0 Å². The lowest BCUT2D eigenvalue weighted by Gasteiger charge is -2.15. The van der Waals surface area contributed by atoms with E-state index in [9.17, 15) is 0 Å². The number of methoxy groups -OCH3 is 1. The summed E-state index contributed by atoms with van der Waals surface area (Å²) in [5.74, 6) is 1.48. The van der Waals surface area contributed by atoms with E-state index in [1.54, 1.807) is 24.0 Å². The monoisotopic (exact) mass is 283 g/mol. The van der Waals surface area contributed by atoms with E-state index < -0.39 is 0 Å². The molecule has 0 atom stereocenters. The Labute approximate surface area is 123 Å². The Kier molecular flexibility index (Phi) is 3.43. The quantitative estimate of drug-likeness (QED) is 0.735. The fraction of sp³-hybridized carbons (Fsp3) is 0.267. The molecule has 0 fully saturated rings. The molecule has 0 aromatic carbocycles. The minimum atomic E-state index is 0.573. The Bertz CT molecular complexity index is 768. The predicted octanol–water partition coefficient (Wildman–Crippen LogP) is 2.26. The minimum Gasteiger partial charge on any atom is -0.481 e. The molecule has 0 spiro atoms. The molecule has 3 aromatic rings. The maximum atomic E-state index is 5.33. The fourth-order valence-corrected chi connectivity index (χ4v) is 2.18. The molecule has 0 unspecified atom stereocenters. The van der Waals surface area contributed by atoms with Gasteiger partial charge in [-0.1, -0.05) is 0 Å². The van der Waals surface area contributed by atoms with Crippen LogP contribution in [0.4, 0.5) is 5.82 Å². The maximum absolute atomic E-state index is 5.33. The van der Waals surface area contributed by atoms with Crippen LogP contribution in [-0.4, -0.2) is 40.3 Å². The molecule has 3 heterocycles.